The van der Waals surface area contributed by atoms with Gasteiger partial charge in [0.2, 0.25) is 13.8 Å². The van der Waals surface area contributed by atoms with Crippen LogP contribution in [0.3, 0.4) is 0 Å². The van der Waals surface area contributed by atoms with Crippen LogP contribution in [0, 0.1) is 0 Å². The van der Waals surface area contributed by atoms with Crippen molar-refractivity contribution in [1.29, 1.82) is 0 Å². The van der Waals surface area contributed by atoms with Crippen LogP contribution in [0.1, 0.15) is 22.2 Å². The molecule has 1 unspecified atom stereocenters. The molecule has 0 saturated heterocycles. The summed E-state index contributed by atoms with van der Waals surface area (Å²) in [5.41, 5.74) is 1.27. The van der Waals surface area contributed by atoms with E-state index in [1.807, 2.05) is 6.07 Å². The number of hydrogen-bond donors (Lipinski definition) is 2. The zero-order valence-corrected chi connectivity index (χ0v) is 20.5. The number of hydrogen-bond acceptors (Lipinski definition) is 7. The van der Waals surface area contributed by atoms with Gasteiger partial charge in [0.25, 0.3) is 0 Å². The molecular formula is C23H23BClN3O5S. The molecule has 2 aromatic carbocycles. The molecule has 2 N–H and O–H groups in total. The van der Waals surface area contributed by atoms with Gasteiger partial charge in [-0.15, -0.1) is 11.3 Å². The highest BCUT2D eigenvalue weighted by atomic mass is 35.5. The monoisotopic (exact) mass is 499 g/mol. The maximum absolute atomic E-state index is 13.1. The summed E-state index contributed by atoms with van der Waals surface area (Å²) in [4.78, 5) is 42.3. The molecule has 0 bridgehead atoms. The second kappa shape index (κ2) is 11.7. The summed E-state index contributed by atoms with van der Waals surface area (Å²) in [6.07, 6.45) is 1.85. The lowest BCUT2D eigenvalue weighted by molar-refractivity contribution is -0.117. The van der Waals surface area contributed by atoms with Gasteiger partial charge in [-0.25, -0.2) is 9.78 Å². The Bertz CT molecular complexity index is 1200. The number of para-hydroxylation sites is 1. The highest BCUT2D eigenvalue weighted by Gasteiger charge is 2.23. The largest absolute Gasteiger partial charge is 0.497 e. The van der Waals surface area contributed by atoms with E-state index in [0.29, 0.717) is 21.5 Å². The Balaban J connectivity index is 1.80. The van der Waals surface area contributed by atoms with Gasteiger partial charge in [0.05, 0.1) is 30.0 Å². The maximum Gasteiger partial charge on any atom is 0.340 e. The number of halogens is 1. The normalized spacial score (nSPS) is 11.4. The number of thiazole rings is 1. The van der Waals surface area contributed by atoms with E-state index < -0.39 is 17.9 Å². The fraction of sp³-hybridized carbons (Fsp3) is 0.217. The summed E-state index contributed by atoms with van der Waals surface area (Å²) >= 11 is 7.72. The molecule has 3 aromatic rings. The van der Waals surface area contributed by atoms with Crippen LogP contribution in [-0.4, -0.2) is 50.3 Å². The Kier molecular flexibility index (Phi) is 8.67. The van der Waals surface area contributed by atoms with E-state index >= 15 is 0 Å². The summed E-state index contributed by atoms with van der Waals surface area (Å²) in [7, 11) is 2.90. The molecular weight excluding hydrogens is 477 g/mol. The van der Waals surface area contributed by atoms with E-state index in [0.717, 1.165) is 10.4 Å². The number of rotatable bonds is 9. The Morgan fingerprint density at radius 2 is 1.97 bits per heavy atom. The van der Waals surface area contributed by atoms with Gasteiger partial charge in [0.15, 0.2) is 5.81 Å². The van der Waals surface area contributed by atoms with Crippen molar-refractivity contribution in [3.8, 4) is 16.3 Å². The van der Waals surface area contributed by atoms with Crippen LogP contribution in [0.15, 0.2) is 48.7 Å². The lowest BCUT2D eigenvalue weighted by Crippen LogP contribution is -2.44. The molecule has 1 aromatic heterocycles. The van der Waals surface area contributed by atoms with E-state index in [2.05, 4.69) is 15.6 Å². The number of anilines is 1. The number of amides is 2. The molecule has 34 heavy (non-hydrogen) atoms. The topological polar surface area (TPSA) is 107 Å². The highest BCUT2D eigenvalue weighted by molar-refractivity contribution is 7.15. The van der Waals surface area contributed by atoms with E-state index in [1.54, 1.807) is 56.6 Å². The van der Waals surface area contributed by atoms with E-state index in [9.17, 15) is 14.4 Å². The molecule has 0 spiro atoms. The molecule has 2 amide bonds. The lowest BCUT2D eigenvalue weighted by atomic mass is 10.1. The molecule has 0 aliphatic carbocycles. The second-order valence-corrected chi connectivity index (χ2v) is 8.71. The lowest BCUT2D eigenvalue weighted by Gasteiger charge is -2.18. The summed E-state index contributed by atoms with van der Waals surface area (Å²) in [5, 5.41) is 6.57. The van der Waals surface area contributed by atoms with Crippen LogP contribution in [0.25, 0.3) is 10.6 Å². The van der Waals surface area contributed by atoms with Gasteiger partial charge in [0.1, 0.15) is 16.8 Å². The van der Waals surface area contributed by atoms with Crippen LogP contribution in [0.4, 0.5) is 10.5 Å². The Labute approximate surface area is 207 Å². The number of carbonyl (C=O) groups excluding carboxylic acids is 3. The second-order valence-electron chi connectivity index (χ2n) is 7.19. The summed E-state index contributed by atoms with van der Waals surface area (Å²) in [5.74, 6) is -0.736. The molecule has 0 aliphatic rings. The van der Waals surface area contributed by atoms with Crippen LogP contribution in [0.5, 0.6) is 5.75 Å². The van der Waals surface area contributed by atoms with Crippen molar-refractivity contribution in [3.05, 3.63) is 64.1 Å². The average molecular weight is 500 g/mol. The number of aromatic nitrogens is 1. The Morgan fingerprint density at radius 3 is 2.65 bits per heavy atom. The fourth-order valence-corrected chi connectivity index (χ4v) is 4.49. The number of nitrogens with one attached hydrogen (secondary N) is 2. The van der Waals surface area contributed by atoms with Crippen molar-refractivity contribution >= 4 is 54.2 Å². The van der Waals surface area contributed by atoms with Gasteiger partial charge >= 0.3 is 5.97 Å². The van der Waals surface area contributed by atoms with Crippen molar-refractivity contribution < 1.29 is 23.9 Å². The van der Waals surface area contributed by atoms with Gasteiger partial charge in [-0.3, -0.25) is 9.59 Å². The number of esters is 1. The zero-order chi connectivity index (χ0) is 24.7. The molecule has 0 aliphatic heterocycles. The smallest absolute Gasteiger partial charge is 0.340 e. The third-order valence-electron chi connectivity index (χ3n) is 4.74. The van der Waals surface area contributed by atoms with Gasteiger partial charge < -0.3 is 20.1 Å². The van der Waals surface area contributed by atoms with Gasteiger partial charge in [0, 0.05) is 23.1 Å². The Morgan fingerprint density at radius 1 is 1.21 bits per heavy atom. The molecule has 1 heterocycles. The quantitative estimate of drug-likeness (QED) is 0.344. The van der Waals surface area contributed by atoms with Crippen molar-refractivity contribution in [3.63, 3.8) is 0 Å². The van der Waals surface area contributed by atoms with Crippen molar-refractivity contribution in [2.45, 2.75) is 19.4 Å². The first kappa shape index (κ1) is 25.3. The molecule has 3 rings (SSSR count). The van der Waals surface area contributed by atoms with Crippen LogP contribution < -0.4 is 15.4 Å². The van der Waals surface area contributed by atoms with Gasteiger partial charge in [-0.05, 0) is 37.3 Å². The molecule has 176 valence electrons. The minimum absolute atomic E-state index is 0.207. The molecule has 0 saturated carbocycles. The number of carbonyl (C=O) groups is 3. The first-order valence-corrected chi connectivity index (χ1v) is 11.6. The number of nitrogens with zero attached hydrogens (tertiary/aromatic N) is 1. The van der Waals surface area contributed by atoms with Gasteiger partial charge in [-0.1, -0.05) is 23.7 Å². The summed E-state index contributed by atoms with van der Waals surface area (Å²) < 4.78 is 10.2. The highest BCUT2D eigenvalue weighted by Crippen LogP contribution is 2.34. The first-order valence-electron chi connectivity index (χ1n) is 10.4. The minimum atomic E-state index is -0.882. The number of benzene rings is 2. The SMILES string of the molecule is BC(=O)NC(Cc1cnc(-c2ccc(OC)cc2Cl)s1)C(=O)Nc1ccccc1C(=O)OCC. The van der Waals surface area contributed by atoms with E-state index in [1.165, 1.54) is 19.2 Å². The van der Waals surface area contributed by atoms with E-state index in [4.69, 9.17) is 21.1 Å². The van der Waals surface area contributed by atoms with Crippen molar-refractivity contribution in [2.24, 2.45) is 0 Å². The molecule has 11 heteroatoms. The number of methoxy groups -OCH3 is 1. The predicted molar refractivity (Wildman–Crippen MR) is 135 cm³/mol. The third-order valence-corrected chi connectivity index (χ3v) is 6.11. The van der Waals surface area contributed by atoms with Crippen molar-refractivity contribution in [2.75, 3.05) is 19.0 Å². The Hall–Kier alpha value is -3.37. The van der Waals surface area contributed by atoms with Crippen LogP contribution in [-0.2, 0) is 16.0 Å². The molecule has 1 atom stereocenters. The molecule has 0 fully saturated rings. The zero-order valence-electron chi connectivity index (χ0n) is 18.9. The molecule has 8 nitrogen and oxygen atoms in total. The predicted octanol–water partition coefficient (Wildman–Crippen LogP) is 3.54. The van der Waals surface area contributed by atoms with Crippen LogP contribution >= 0.6 is 22.9 Å². The molecule has 0 radical (unpaired) electrons. The number of ether oxygens (including phenoxy) is 2. The summed E-state index contributed by atoms with van der Waals surface area (Å²) in [6, 6.07) is 11.0. The fourth-order valence-electron chi connectivity index (χ4n) is 3.18. The maximum atomic E-state index is 13.1. The first-order chi connectivity index (χ1) is 16.3. The average Bonchev–Trinajstić information content (AvgIpc) is 3.26. The van der Waals surface area contributed by atoms with Crippen molar-refractivity contribution in [1.82, 2.24) is 10.3 Å². The third kappa shape index (κ3) is 6.36. The van der Waals surface area contributed by atoms with Gasteiger partial charge in [-0.2, -0.15) is 0 Å². The van der Waals surface area contributed by atoms with Crippen LogP contribution in [0.2, 0.25) is 5.02 Å². The summed E-state index contributed by atoms with van der Waals surface area (Å²) in [6.45, 7) is 1.91. The standard InChI is InChI=1S/C23H23BClN3O5S/c1-3-33-22(30)16-6-4-5-7-18(16)27-20(29)19(28-23(24)31)11-14-12-26-21(34-14)15-9-8-13(32-2)10-17(15)25/h4-10,12,19H,3,11,24H2,1-2H3,(H,27,29)(H,28,31). The van der Waals surface area contributed by atoms with E-state index in [-0.39, 0.29) is 24.4 Å². The minimum Gasteiger partial charge on any atom is -0.497 e.